The molecular formula is C12H16O4Si. The highest BCUT2D eigenvalue weighted by molar-refractivity contribution is 6.69. The molecule has 1 rings (SSSR count). The summed E-state index contributed by atoms with van der Waals surface area (Å²) in [5.74, 6) is 3.68. The van der Waals surface area contributed by atoms with Crippen LogP contribution < -0.4 is 4.74 Å². The standard InChI is InChI=1S/C12H16O4Si/c1-13-12-8-6-5-7-11(12)9-10-17(14-2,15-3)16-4/h5-8H,1-4H3. The van der Waals surface area contributed by atoms with Crippen molar-refractivity contribution in [2.45, 2.75) is 0 Å². The summed E-state index contributed by atoms with van der Waals surface area (Å²) in [4.78, 5) is 0. The lowest BCUT2D eigenvalue weighted by atomic mass is 10.2. The Labute approximate surface area is 103 Å². The van der Waals surface area contributed by atoms with E-state index in [-0.39, 0.29) is 0 Å². The number of para-hydroxylation sites is 1. The summed E-state index contributed by atoms with van der Waals surface area (Å²) < 4.78 is 20.8. The van der Waals surface area contributed by atoms with Crippen LogP contribution in [0, 0.1) is 11.5 Å². The van der Waals surface area contributed by atoms with Crippen LogP contribution in [0.25, 0.3) is 0 Å². The smallest absolute Gasteiger partial charge is 0.495 e. The molecule has 0 aliphatic rings. The lowest BCUT2D eigenvalue weighted by molar-refractivity contribution is 0.141. The van der Waals surface area contributed by atoms with Crippen LogP contribution in [0.4, 0.5) is 0 Å². The van der Waals surface area contributed by atoms with Crippen LogP contribution in [0.1, 0.15) is 5.56 Å². The van der Waals surface area contributed by atoms with Crippen molar-refractivity contribution in [3.63, 3.8) is 0 Å². The van der Waals surface area contributed by atoms with E-state index >= 15 is 0 Å². The fraction of sp³-hybridized carbons (Fsp3) is 0.333. The molecule has 0 fully saturated rings. The molecule has 0 radical (unpaired) electrons. The third-order valence-corrected chi connectivity index (χ3v) is 4.31. The molecule has 4 nitrogen and oxygen atoms in total. The first-order valence-electron chi connectivity index (χ1n) is 5.03. The zero-order valence-electron chi connectivity index (χ0n) is 10.4. The molecule has 0 saturated carbocycles. The summed E-state index contributed by atoms with van der Waals surface area (Å²) in [6.07, 6.45) is 0. The lowest BCUT2D eigenvalue weighted by Crippen LogP contribution is -2.41. The highest BCUT2D eigenvalue weighted by Gasteiger charge is 2.36. The van der Waals surface area contributed by atoms with Gasteiger partial charge in [-0.1, -0.05) is 18.1 Å². The van der Waals surface area contributed by atoms with Crippen LogP contribution in [-0.4, -0.2) is 37.2 Å². The van der Waals surface area contributed by atoms with Crippen molar-refractivity contribution in [2.24, 2.45) is 0 Å². The SMILES string of the molecule is COc1ccccc1C#C[Si](OC)(OC)OC. The first-order valence-corrected chi connectivity index (χ1v) is 6.75. The molecule has 0 amide bonds. The largest absolute Gasteiger partial charge is 0.591 e. The fourth-order valence-corrected chi connectivity index (χ4v) is 2.39. The lowest BCUT2D eigenvalue weighted by Gasteiger charge is -2.17. The van der Waals surface area contributed by atoms with Gasteiger partial charge in [0.1, 0.15) is 5.75 Å². The summed E-state index contributed by atoms with van der Waals surface area (Å²) in [6.45, 7) is 0. The van der Waals surface area contributed by atoms with E-state index in [1.165, 1.54) is 21.3 Å². The van der Waals surface area contributed by atoms with E-state index in [9.17, 15) is 0 Å². The summed E-state index contributed by atoms with van der Waals surface area (Å²) in [6, 6.07) is 7.49. The molecule has 5 heteroatoms. The third kappa shape index (κ3) is 3.31. The van der Waals surface area contributed by atoms with Crippen LogP contribution in [-0.2, 0) is 13.3 Å². The predicted octanol–water partition coefficient (Wildman–Crippen LogP) is 1.46. The highest BCUT2D eigenvalue weighted by Crippen LogP contribution is 2.16. The minimum Gasteiger partial charge on any atom is -0.495 e. The van der Waals surface area contributed by atoms with Gasteiger partial charge in [0.15, 0.2) is 0 Å². The molecule has 17 heavy (non-hydrogen) atoms. The van der Waals surface area contributed by atoms with Crippen LogP contribution >= 0.6 is 0 Å². The minimum atomic E-state index is -2.85. The van der Waals surface area contributed by atoms with E-state index < -0.39 is 8.80 Å². The summed E-state index contributed by atoms with van der Waals surface area (Å²) in [5.41, 5.74) is 3.69. The molecule has 0 atom stereocenters. The van der Waals surface area contributed by atoms with E-state index in [0.717, 1.165) is 5.56 Å². The molecule has 0 heterocycles. The van der Waals surface area contributed by atoms with Gasteiger partial charge in [-0.25, -0.2) is 0 Å². The quantitative estimate of drug-likeness (QED) is 0.600. The molecule has 1 aromatic rings. The predicted molar refractivity (Wildman–Crippen MR) is 66.7 cm³/mol. The Balaban J connectivity index is 3.04. The van der Waals surface area contributed by atoms with Crippen molar-refractivity contribution in [1.29, 1.82) is 0 Å². The van der Waals surface area contributed by atoms with Crippen LogP contribution in [0.5, 0.6) is 5.75 Å². The number of hydrogen-bond donors (Lipinski definition) is 0. The average Bonchev–Trinajstić information content (AvgIpc) is 2.41. The molecule has 0 saturated heterocycles. The number of benzene rings is 1. The Morgan fingerprint density at radius 3 is 2.06 bits per heavy atom. The van der Waals surface area contributed by atoms with Gasteiger partial charge < -0.3 is 18.0 Å². The normalized spacial score (nSPS) is 10.6. The van der Waals surface area contributed by atoms with E-state index in [2.05, 4.69) is 11.5 Å². The minimum absolute atomic E-state index is 0.714. The van der Waals surface area contributed by atoms with E-state index in [0.29, 0.717) is 5.75 Å². The molecule has 0 spiro atoms. The van der Waals surface area contributed by atoms with E-state index in [1.54, 1.807) is 7.11 Å². The maximum atomic E-state index is 5.21. The van der Waals surface area contributed by atoms with Gasteiger partial charge in [-0.05, 0) is 17.7 Å². The van der Waals surface area contributed by atoms with Gasteiger partial charge >= 0.3 is 8.80 Å². The fourth-order valence-electron chi connectivity index (χ4n) is 1.29. The Morgan fingerprint density at radius 1 is 0.941 bits per heavy atom. The van der Waals surface area contributed by atoms with Crippen molar-refractivity contribution in [1.82, 2.24) is 0 Å². The van der Waals surface area contributed by atoms with Gasteiger partial charge in [0, 0.05) is 21.3 Å². The van der Waals surface area contributed by atoms with Gasteiger partial charge in [0.05, 0.1) is 12.7 Å². The molecule has 0 aliphatic carbocycles. The Hall–Kier alpha value is -1.32. The second-order valence-corrected chi connectivity index (χ2v) is 5.71. The molecule has 0 unspecified atom stereocenters. The first-order chi connectivity index (χ1) is 8.21. The second-order valence-electron chi connectivity index (χ2n) is 3.12. The zero-order chi connectivity index (χ0) is 12.7. The Bertz CT molecular complexity index is 410. The second kappa shape index (κ2) is 6.42. The molecule has 1 aromatic carbocycles. The third-order valence-electron chi connectivity index (χ3n) is 2.26. The van der Waals surface area contributed by atoms with Crippen molar-refractivity contribution in [3.05, 3.63) is 29.8 Å². The first kappa shape index (κ1) is 13.7. The summed E-state index contributed by atoms with van der Waals surface area (Å²) in [5, 5.41) is 0. The molecule has 0 bridgehead atoms. The molecule has 92 valence electrons. The van der Waals surface area contributed by atoms with E-state index in [4.69, 9.17) is 18.0 Å². The highest BCUT2D eigenvalue weighted by atomic mass is 28.4. The summed E-state index contributed by atoms with van der Waals surface area (Å²) >= 11 is 0. The number of rotatable bonds is 4. The maximum absolute atomic E-state index is 5.21. The van der Waals surface area contributed by atoms with Crippen LogP contribution in [0.3, 0.4) is 0 Å². The van der Waals surface area contributed by atoms with Gasteiger partial charge in [-0.3, -0.25) is 0 Å². The van der Waals surface area contributed by atoms with E-state index in [1.807, 2.05) is 24.3 Å². The topological polar surface area (TPSA) is 36.9 Å². The molecule has 0 aromatic heterocycles. The van der Waals surface area contributed by atoms with Crippen molar-refractivity contribution in [2.75, 3.05) is 28.4 Å². The van der Waals surface area contributed by atoms with Crippen molar-refractivity contribution in [3.8, 4) is 17.2 Å². The van der Waals surface area contributed by atoms with Gasteiger partial charge in [-0.2, -0.15) is 0 Å². The van der Waals surface area contributed by atoms with Crippen LogP contribution in [0.2, 0.25) is 0 Å². The molecule has 0 aliphatic heterocycles. The zero-order valence-corrected chi connectivity index (χ0v) is 11.4. The number of methoxy groups -OCH3 is 1. The number of ether oxygens (including phenoxy) is 1. The molecular weight excluding hydrogens is 236 g/mol. The maximum Gasteiger partial charge on any atom is 0.591 e. The Morgan fingerprint density at radius 2 is 1.53 bits per heavy atom. The van der Waals surface area contributed by atoms with Crippen molar-refractivity contribution >= 4 is 8.80 Å². The average molecular weight is 252 g/mol. The summed E-state index contributed by atoms with van der Waals surface area (Å²) in [7, 11) is 3.32. The van der Waals surface area contributed by atoms with Crippen molar-refractivity contribution < 1.29 is 18.0 Å². The molecule has 0 N–H and O–H groups in total. The van der Waals surface area contributed by atoms with Gasteiger partial charge in [-0.15, -0.1) is 0 Å². The monoisotopic (exact) mass is 252 g/mol. The van der Waals surface area contributed by atoms with Gasteiger partial charge in [0.25, 0.3) is 0 Å². The number of hydrogen-bond acceptors (Lipinski definition) is 4. The Kier molecular flexibility index (Phi) is 5.19. The van der Waals surface area contributed by atoms with Crippen LogP contribution in [0.15, 0.2) is 24.3 Å². The van der Waals surface area contributed by atoms with Gasteiger partial charge in [0.2, 0.25) is 0 Å².